The van der Waals surface area contributed by atoms with E-state index in [0.717, 1.165) is 5.56 Å². The molecule has 1 aromatic carbocycles. The normalized spacial score (nSPS) is 9.94. The molecule has 0 radical (unpaired) electrons. The number of ether oxygens (including phenoxy) is 1. The molecule has 2 aromatic rings. The zero-order chi connectivity index (χ0) is 12.3. The molecule has 4 nitrogen and oxygen atoms in total. The fourth-order valence-electron chi connectivity index (χ4n) is 1.43. The van der Waals surface area contributed by atoms with E-state index in [9.17, 15) is 9.59 Å². The highest BCUT2D eigenvalue weighted by Gasteiger charge is 2.06. The summed E-state index contributed by atoms with van der Waals surface area (Å²) in [5.74, 6) is 0.0694. The van der Waals surface area contributed by atoms with E-state index in [4.69, 9.17) is 4.42 Å². The standard InChI is InChI=1S/C13H10O4/c1-16-13(15)10-4-2-9(3-5-10)12-8-11(14)6-7-17-12/h2-8H,1H3. The largest absolute Gasteiger partial charge is 0.465 e. The second-order valence-electron chi connectivity index (χ2n) is 3.40. The molecule has 1 heterocycles. The van der Waals surface area contributed by atoms with Gasteiger partial charge in [-0.1, -0.05) is 12.1 Å². The van der Waals surface area contributed by atoms with Crippen molar-refractivity contribution in [3.8, 4) is 11.3 Å². The summed E-state index contributed by atoms with van der Waals surface area (Å²) in [7, 11) is 1.33. The molecule has 0 aliphatic rings. The van der Waals surface area contributed by atoms with Gasteiger partial charge in [-0.05, 0) is 12.1 Å². The Morgan fingerprint density at radius 3 is 2.47 bits per heavy atom. The maximum absolute atomic E-state index is 11.2. The lowest BCUT2D eigenvalue weighted by Gasteiger charge is -2.01. The maximum atomic E-state index is 11.2. The summed E-state index contributed by atoms with van der Waals surface area (Å²) in [6.45, 7) is 0. The molecule has 0 N–H and O–H groups in total. The Balaban J connectivity index is 2.36. The van der Waals surface area contributed by atoms with Crippen LogP contribution in [0.1, 0.15) is 10.4 Å². The fourth-order valence-corrected chi connectivity index (χ4v) is 1.43. The second-order valence-corrected chi connectivity index (χ2v) is 3.40. The van der Waals surface area contributed by atoms with Gasteiger partial charge in [-0.3, -0.25) is 4.79 Å². The van der Waals surface area contributed by atoms with Crippen molar-refractivity contribution in [1.29, 1.82) is 0 Å². The molecule has 4 heteroatoms. The molecule has 86 valence electrons. The highest BCUT2D eigenvalue weighted by molar-refractivity contribution is 5.89. The van der Waals surface area contributed by atoms with Crippen LogP contribution >= 0.6 is 0 Å². The van der Waals surface area contributed by atoms with Gasteiger partial charge in [-0.15, -0.1) is 0 Å². The van der Waals surface area contributed by atoms with Gasteiger partial charge in [-0.2, -0.15) is 0 Å². The summed E-state index contributed by atoms with van der Waals surface area (Å²) in [5.41, 5.74) is 1.06. The molecule has 0 fully saturated rings. The van der Waals surface area contributed by atoms with Gasteiger partial charge in [-0.25, -0.2) is 4.79 Å². The summed E-state index contributed by atoms with van der Waals surface area (Å²) in [6, 6.07) is 9.37. The fraction of sp³-hybridized carbons (Fsp3) is 0.0769. The van der Waals surface area contributed by atoms with Gasteiger partial charge in [0.15, 0.2) is 5.43 Å². The Bertz CT molecular complexity index is 581. The smallest absolute Gasteiger partial charge is 0.337 e. The second kappa shape index (κ2) is 4.65. The Labute approximate surface area is 97.5 Å². The van der Waals surface area contributed by atoms with Gasteiger partial charge < -0.3 is 9.15 Å². The van der Waals surface area contributed by atoms with E-state index in [1.165, 1.54) is 25.5 Å². The third kappa shape index (κ3) is 2.42. The molecule has 0 atom stereocenters. The summed E-state index contributed by atoms with van der Waals surface area (Å²) in [4.78, 5) is 22.4. The summed E-state index contributed by atoms with van der Waals surface area (Å²) in [6.07, 6.45) is 1.34. The molecular formula is C13H10O4. The highest BCUT2D eigenvalue weighted by Crippen LogP contribution is 2.18. The molecule has 0 saturated heterocycles. The molecule has 0 saturated carbocycles. The molecule has 0 spiro atoms. The third-order valence-corrected chi connectivity index (χ3v) is 2.29. The van der Waals surface area contributed by atoms with Crippen molar-refractivity contribution in [1.82, 2.24) is 0 Å². The van der Waals surface area contributed by atoms with Crippen LogP contribution < -0.4 is 5.43 Å². The SMILES string of the molecule is COC(=O)c1ccc(-c2cc(=O)cco2)cc1. The molecule has 0 amide bonds. The lowest BCUT2D eigenvalue weighted by atomic mass is 10.1. The quantitative estimate of drug-likeness (QED) is 0.741. The van der Waals surface area contributed by atoms with Gasteiger partial charge in [0.25, 0.3) is 0 Å². The molecule has 0 aliphatic heterocycles. The van der Waals surface area contributed by atoms with Crippen molar-refractivity contribution in [3.05, 3.63) is 58.4 Å². The molecular weight excluding hydrogens is 220 g/mol. The van der Waals surface area contributed by atoms with Gasteiger partial charge in [0.1, 0.15) is 5.76 Å². The zero-order valence-corrected chi connectivity index (χ0v) is 9.17. The number of carbonyl (C=O) groups is 1. The summed E-state index contributed by atoms with van der Waals surface area (Å²) >= 11 is 0. The van der Waals surface area contributed by atoms with Crippen LogP contribution in [0.15, 0.2) is 51.9 Å². The lowest BCUT2D eigenvalue weighted by molar-refractivity contribution is 0.0601. The van der Waals surface area contributed by atoms with Crippen LogP contribution in [0, 0.1) is 0 Å². The first-order valence-electron chi connectivity index (χ1n) is 4.98. The van der Waals surface area contributed by atoms with E-state index in [2.05, 4.69) is 4.74 Å². The maximum Gasteiger partial charge on any atom is 0.337 e. The first kappa shape index (κ1) is 11.1. The van der Waals surface area contributed by atoms with E-state index in [-0.39, 0.29) is 5.43 Å². The van der Waals surface area contributed by atoms with Crippen molar-refractivity contribution in [2.45, 2.75) is 0 Å². The number of methoxy groups -OCH3 is 1. The molecule has 1 aromatic heterocycles. The van der Waals surface area contributed by atoms with E-state index >= 15 is 0 Å². The van der Waals surface area contributed by atoms with Crippen LogP contribution in [0.4, 0.5) is 0 Å². The zero-order valence-electron chi connectivity index (χ0n) is 9.17. The number of benzene rings is 1. The Morgan fingerprint density at radius 2 is 1.88 bits per heavy atom. The van der Waals surface area contributed by atoms with Crippen molar-refractivity contribution < 1.29 is 13.9 Å². The molecule has 0 unspecified atom stereocenters. The summed E-state index contributed by atoms with van der Waals surface area (Å²) in [5, 5.41) is 0. The monoisotopic (exact) mass is 230 g/mol. The van der Waals surface area contributed by atoms with Gasteiger partial charge in [0.05, 0.1) is 18.9 Å². The Kier molecular flexibility index (Phi) is 3.05. The molecule has 2 rings (SSSR count). The number of rotatable bonds is 2. The minimum absolute atomic E-state index is 0.122. The summed E-state index contributed by atoms with van der Waals surface area (Å²) < 4.78 is 9.79. The Morgan fingerprint density at radius 1 is 1.18 bits per heavy atom. The van der Waals surface area contributed by atoms with Gasteiger partial charge >= 0.3 is 5.97 Å². The Hall–Kier alpha value is -2.36. The lowest BCUT2D eigenvalue weighted by Crippen LogP contribution is -2.00. The van der Waals surface area contributed by atoms with Crippen LogP contribution in [0.3, 0.4) is 0 Å². The predicted octanol–water partition coefficient (Wildman–Crippen LogP) is 2.09. The van der Waals surface area contributed by atoms with E-state index in [0.29, 0.717) is 11.3 Å². The van der Waals surface area contributed by atoms with Crippen LogP contribution in [0.5, 0.6) is 0 Å². The van der Waals surface area contributed by atoms with Gasteiger partial charge in [0.2, 0.25) is 0 Å². The van der Waals surface area contributed by atoms with Crippen LogP contribution in [0.25, 0.3) is 11.3 Å². The first-order valence-corrected chi connectivity index (χ1v) is 4.98. The van der Waals surface area contributed by atoms with Crippen LogP contribution in [0.2, 0.25) is 0 Å². The van der Waals surface area contributed by atoms with E-state index in [1.807, 2.05) is 0 Å². The van der Waals surface area contributed by atoms with Gasteiger partial charge in [0, 0.05) is 17.7 Å². The van der Waals surface area contributed by atoms with Crippen LogP contribution in [-0.2, 0) is 4.74 Å². The minimum Gasteiger partial charge on any atom is -0.465 e. The first-order chi connectivity index (χ1) is 8.20. The third-order valence-electron chi connectivity index (χ3n) is 2.29. The highest BCUT2D eigenvalue weighted by atomic mass is 16.5. The number of esters is 1. The molecule has 0 bridgehead atoms. The number of hydrogen-bond donors (Lipinski definition) is 0. The topological polar surface area (TPSA) is 56.5 Å². The number of hydrogen-bond acceptors (Lipinski definition) is 4. The molecule has 17 heavy (non-hydrogen) atoms. The average molecular weight is 230 g/mol. The molecule has 0 aliphatic carbocycles. The average Bonchev–Trinajstić information content (AvgIpc) is 2.38. The van der Waals surface area contributed by atoms with Crippen LogP contribution in [-0.4, -0.2) is 13.1 Å². The minimum atomic E-state index is -0.397. The van der Waals surface area contributed by atoms with Crippen molar-refractivity contribution in [2.24, 2.45) is 0 Å². The predicted molar refractivity (Wildman–Crippen MR) is 61.8 cm³/mol. The van der Waals surface area contributed by atoms with E-state index in [1.54, 1.807) is 24.3 Å². The van der Waals surface area contributed by atoms with Crippen molar-refractivity contribution in [3.63, 3.8) is 0 Å². The van der Waals surface area contributed by atoms with Crippen molar-refractivity contribution in [2.75, 3.05) is 7.11 Å². The van der Waals surface area contributed by atoms with Crippen molar-refractivity contribution >= 4 is 5.97 Å². The number of carbonyl (C=O) groups excluding carboxylic acids is 1. The van der Waals surface area contributed by atoms with E-state index < -0.39 is 5.97 Å².